The fourth-order valence-corrected chi connectivity index (χ4v) is 2.44. The molecule has 0 aliphatic rings. The number of aryl methyl sites for hydroxylation is 1. The van der Waals surface area contributed by atoms with E-state index >= 15 is 0 Å². The molecule has 0 aliphatic carbocycles. The number of oxazole rings is 1. The Labute approximate surface area is 127 Å². The predicted molar refractivity (Wildman–Crippen MR) is 84.2 cm³/mol. The normalized spacial score (nSPS) is 12.2. The summed E-state index contributed by atoms with van der Waals surface area (Å²) < 4.78 is 6.61. The molecule has 3 rings (SSSR count). The number of nitrogens with two attached hydrogens (primary N) is 1. The van der Waals surface area contributed by atoms with Crippen LogP contribution < -0.4 is 11.5 Å². The SMILES string of the molecule is Cn1c(=O)oc2ccc(-c3ccc(C[C@@H](N)C#N)cc3)cc21. The van der Waals surface area contributed by atoms with Crippen LogP contribution in [0.4, 0.5) is 0 Å². The second-order valence-corrected chi connectivity index (χ2v) is 5.25. The van der Waals surface area contributed by atoms with Gasteiger partial charge in [-0.25, -0.2) is 4.79 Å². The maximum absolute atomic E-state index is 11.5. The largest absolute Gasteiger partial charge is 0.419 e. The Balaban J connectivity index is 1.95. The number of hydrogen-bond donors (Lipinski definition) is 1. The molecule has 0 fully saturated rings. The maximum atomic E-state index is 11.5. The van der Waals surface area contributed by atoms with Gasteiger partial charge in [-0.05, 0) is 28.8 Å². The topological polar surface area (TPSA) is 84.9 Å². The fraction of sp³-hybridized carbons (Fsp3) is 0.176. The van der Waals surface area contributed by atoms with E-state index in [0.29, 0.717) is 12.0 Å². The third-order valence-electron chi connectivity index (χ3n) is 3.70. The number of fused-ring (bicyclic) bond motifs is 1. The summed E-state index contributed by atoms with van der Waals surface area (Å²) in [6.45, 7) is 0. The van der Waals surface area contributed by atoms with Gasteiger partial charge in [0, 0.05) is 13.5 Å². The summed E-state index contributed by atoms with van der Waals surface area (Å²) in [6, 6.07) is 15.1. The third-order valence-corrected chi connectivity index (χ3v) is 3.70. The van der Waals surface area contributed by atoms with Crippen LogP contribution in [0.3, 0.4) is 0 Å². The minimum absolute atomic E-state index is 0.368. The third kappa shape index (κ3) is 2.52. The molecule has 110 valence electrons. The van der Waals surface area contributed by atoms with Crippen LogP contribution in [0.1, 0.15) is 5.56 Å². The molecule has 0 spiro atoms. The van der Waals surface area contributed by atoms with E-state index in [1.807, 2.05) is 42.5 Å². The summed E-state index contributed by atoms with van der Waals surface area (Å²) in [5.41, 5.74) is 10.0. The smallest absolute Gasteiger partial charge is 0.408 e. The van der Waals surface area contributed by atoms with E-state index in [4.69, 9.17) is 15.4 Å². The van der Waals surface area contributed by atoms with Crippen molar-refractivity contribution in [2.45, 2.75) is 12.5 Å². The van der Waals surface area contributed by atoms with Crippen molar-refractivity contribution in [2.24, 2.45) is 12.8 Å². The molecule has 0 saturated carbocycles. The van der Waals surface area contributed by atoms with Crippen molar-refractivity contribution in [3.8, 4) is 17.2 Å². The van der Waals surface area contributed by atoms with Gasteiger partial charge in [-0.15, -0.1) is 0 Å². The van der Waals surface area contributed by atoms with E-state index in [-0.39, 0.29) is 5.76 Å². The van der Waals surface area contributed by atoms with Crippen molar-refractivity contribution >= 4 is 11.1 Å². The molecule has 22 heavy (non-hydrogen) atoms. The van der Waals surface area contributed by atoms with Crippen molar-refractivity contribution in [1.29, 1.82) is 5.26 Å². The Kier molecular flexibility index (Phi) is 3.53. The Morgan fingerprint density at radius 1 is 1.23 bits per heavy atom. The van der Waals surface area contributed by atoms with Crippen LogP contribution in [0.2, 0.25) is 0 Å². The lowest BCUT2D eigenvalue weighted by Crippen LogP contribution is -2.19. The zero-order valence-corrected chi connectivity index (χ0v) is 12.1. The molecule has 0 bridgehead atoms. The van der Waals surface area contributed by atoms with Gasteiger partial charge in [0.15, 0.2) is 5.58 Å². The minimum Gasteiger partial charge on any atom is -0.408 e. The van der Waals surface area contributed by atoms with E-state index in [9.17, 15) is 4.79 Å². The molecule has 5 nitrogen and oxygen atoms in total. The molecule has 0 radical (unpaired) electrons. The lowest BCUT2D eigenvalue weighted by atomic mass is 10.0. The lowest BCUT2D eigenvalue weighted by Gasteiger charge is -2.06. The highest BCUT2D eigenvalue weighted by Gasteiger charge is 2.08. The molecule has 1 heterocycles. The van der Waals surface area contributed by atoms with E-state index in [0.717, 1.165) is 22.2 Å². The zero-order chi connectivity index (χ0) is 15.7. The van der Waals surface area contributed by atoms with Crippen LogP contribution in [0.25, 0.3) is 22.2 Å². The van der Waals surface area contributed by atoms with Gasteiger partial charge in [-0.3, -0.25) is 4.57 Å². The maximum Gasteiger partial charge on any atom is 0.419 e. The van der Waals surface area contributed by atoms with Crippen molar-refractivity contribution in [3.63, 3.8) is 0 Å². The van der Waals surface area contributed by atoms with Gasteiger partial charge in [0.2, 0.25) is 0 Å². The fourth-order valence-electron chi connectivity index (χ4n) is 2.44. The highest BCUT2D eigenvalue weighted by atomic mass is 16.4. The first kappa shape index (κ1) is 14.1. The summed E-state index contributed by atoms with van der Waals surface area (Å²) in [4.78, 5) is 11.5. The monoisotopic (exact) mass is 293 g/mol. The quantitative estimate of drug-likeness (QED) is 0.802. The average molecular weight is 293 g/mol. The average Bonchev–Trinajstić information content (AvgIpc) is 2.82. The van der Waals surface area contributed by atoms with E-state index in [1.165, 1.54) is 4.57 Å². The summed E-state index contributed by atoms with van der Waals surface area (Å²) in [5, 5.41) is 8.75. The predicted octanol–water partition coefficient (Wildman–Crippen LogP) is 2.19. The van der Waals surface area contributed by atoms with Gasteiger partial charge in [-0.2, -0.15) is 5.26 Å². The van der Waals surface area contributed by atoms with Gasteiger partial charge in [0.05, 0.1) is 17.6 Å². The first-order valence-corrected chi connectivity index (χ1v) is 6.92. The van der Waals surface area contributed by atoms with Crippen molar-refractivity contribution in [1.82, 2.24) is 4.57 Å². The molecule has 1 atom stereocenters. The molecule has 0 amide bonds. The van der Waals surface area contributed by atoms with Gasteiger partial charge >= 0.3 is 5.76 Å². The summed E-state index contributed by atoms with van der Waals surface area (Å²) in [6.07, 6.45) is 0.534. The number of hydrogen-bond acceptors (Lipinski definition) is 4. The molecule has 1 aromatic heterocycles. The van der Waals surface area contributed by atoms with Crippen molar-refractivity contribution < 1.29 is 4.42 Å². The van der Waals surface area contributed by atoms with Crippen LogP contribution in [-0.2, 0) is 13.5 Å². The minimum atomic E-state index is -0.484. The number of nitriles is 1. The number of benzene rings is 2. The molecular weight excluding hydrogens is 278 g/mol. The summed E-state index contributed by atoms with van der Waals surface area (Å²) in [7, 11) is 1.68. The number of aromatic nitrogens is 1. The van der Waals surface area contributed by atoms with E-state index in [2.05, 4.69) is 0 Å². The second kappa shape index (κ2) is 5.51. The van der Waals surface area contributed by atoms with Crippen LogP contribution in [0.5, 0.6) is 0 Å². The van der Waals surface area contributed by atoms with E-state index < -0.39 is 6.04 Å². The van der Waals surface area contributed by atoms with Crippen LogP contribution >= 0.6 is 0 Å². The Morgan fingerprint density at radius 2 is 1.91 bits per heavy atom. The first-order chi connectivity index (χ1) is 10.6. The Morgan fingerprint density at radius 3 is 2.59 bits per heavy atom. The van der Waals surface area contributed by atoms with Gasteiger partial charge in [-0.1, -0.05) is 30.3 Å². The lowest BCUT2D eigenvalue weighted by molar-refractivity contribution is 0.528. The summed E-state index contributed by atoms with van der Waals surface area (Å²) in [5.74, 6) is -0.368. The number of nitrogens with zero attached hydrogens (tertiary/aromatic N) is 2. The Bertz CT molecular complexity index is 914. The molecule has 0 aliphatic heterocycles. The molecular formula is C17H15N3O2. The number of rotatable bonds is 3. The second-order valence-electron chi connectivity index (χ2n) is 5.25. The summed E-state index contributed by atoms with van der Waals surface area (Å²) >= 11 is 0. The first-order valence-electron chi connectivity index (χ1n) is 6.92. The Hall–Kier alpha value is -2.84. The molecule has 5 heteroatoms. The highest BCUT2D eigenvalue weighted by Crippen LogP contribution is 2.24. The molecule has 0 saturated heterocycles. The van der Waals surface area contributed by atoms with Crippen molar-refractivity contribution in [3.05, 3.63) is 58.6 Å². The molecule has 3 aromatic rings. The van der Waals surface area contributed by atoms with Gasteiger partial charge in [0.25, 0.3) is 0 Å². The highest BCUT2D eigenvalue weighted by molar-refractivity contribution is 5.80. The van der Waals surface area contributed by atoms with Gasteiger partial charge < -0.3 is 10.2 Å². The van der Waals surface area contributed by atoms with Crippen molar-refractivity contribution in [2.75, 3.05) is 0 Å². The van der Waals surface area contributed by atoms with Crippen LogP contribution in [-0.4, -0.2) is 10.6 Å². The molecule has 2 N–H and O–H groups in total. The van der Waals surface area contributed by atoms with Gasteiger partial charge in [0.1, 0.15) is 0 Å². The van der Waals surface area contributed by atoms with Crippen LogP contribution in [0, 0.1) is 11.3 Å². The van der Waals surface area contributed by atoms with Crippen LogP contribution in [0.15, 0.2) is 51.7 Å². The molecule has 2 aromatic carbocycles. The zero-order valence-electron chi connectivity index (χ0n) is 12.1. The van der Waals surface area contributed by atoms with E-state index in [1.54, 1.807) is 13.1 Å². The standard InChI is InChI=1S/C17H15N3O2/c1-20-15-9-13(6-7-16(15)22-17(20)21)12-4-2-11(3-5-12)8-14(19)10-18/h2-7,9,14H,8,19H2,1H3/t14-/m1/s1. The molecule has 0 unspecified atom stereocenters.